The fourth-order valence-corrected chi connectivity index (χ4v) is 4.36. The third kappa shape index (κ3) is 2.22. The lowest BCUT2D eigenvalue weighted by Crippen LogP contribution is -2.48. The molecule has 0 fully saturated rings. The molecule has 4 rings (SSSR count). The smallest absolute Gasteiger partial charge is 0.163 e. The fraction of sp³-hybridized carbons (Fsp3) is 0.368. The van der Waals surface area contributed by atoms with Crippen molar-refractivity contribution in [2.24, 2.45) is 0 Å². The van der Waals surface area contributed by atoms with Crippen molar-refractivity contribution >= 4 is 28.9 Å². The number of fused-ring (bicyclic) bond motifs is 5. The highest BCUT2D eigenvalue weighted by atomic mass is 35.5. The minimum absolute atomic E-state index is 0.250. The number of hydrogen-bond acceptors (Lipinski definition) is 3. The Kier molecular flexibility index (Phi) is 3.91. The topological polar surface area (TPSA) is 21.7 Å². The highest BCUT2D eigenvalue weighted by Gasteiger charge is 2.45. The van der Waals surface area contributed by atoms with E-state index in [0.29, 0.717) is 22.5 Å². The maximum atomic E-state index is 6.67. The van der Waals surface area contributed by atoms with Crippen molar-refractivity contribution in [3.63, 3.8) is 0 Å². The van der Waals surface area contributed by atoms with Gasteiger partial charge in [0.1, 0.15) is 5.75 Å². The van der Waals surface area contributed by atoms with Crippen molar-refractivity contribution in [1.82, 2.24) is 0 Å². The predicted octanol–water partition coefficient (Wildman–Crippen LogP) is 5.89. The molecule has 1 atom stereocenters. The number of rotatable bonds is 2. The Balaban J connectivity index is 1.92. The normalized spacial score (nSPS) is 20.7. The molecule has 0 saturated heterocycles. The third-order valence-corrected chi connectivity index (χ3v) is 5.62. The molecule has 0 saturated carbocycles. The molecule has 2 aromatic rings. The molecule has 2 aliphatic rings. The molecule has 24 heavy (non-hydrogen) atoms. The predicted molar refractivity (Wildman–Crippen MR) is 97.0 cm³/mol. The third-order valence-electron chi connectivity index (χ3n) is 5.12. The van der Waals surface area contributed by atoms with Gasteiger partial charge in [0.25, 0.3) is 0 Å². The lowest BCUT2D eigenvalue weighted by atomic mass is 9.84. The number of para-hydroxylation sites is 1. The van der Waals surface area contributed by atoms with Crippen LogP contribution >= 0.6 is 23.2 Å². The van der Waals surface area contributed by atoms with Gasteiger partial charge in [-0.2, -0.15) is 0 Å². The number of ether oxygens (including phenoxy) is 2. The number of anilines is 1. The Morgan fingerprint density at radius 3 is 2.67 bits per heavy atom. The molecule has 126 valence electrons. The van der Waals surface area contributed by atoms with Crippen LogP contribution in [0.25, 0.3) is 0 Å². The number of benzene rings is 2. The molecule has 2 aliphatic heterocycles. The molecule has 5 heteroatoms. The van der Waals surface area contributed by atoms with Crippen LogP contribution in [0.2, 0.25) is 10.0 Å². The molecule has 0 aliphatic carbocycles. The monoisotopic (exact) mass is 363 g/mol. The molecular formula is C19H19Cl2NO2. The van der Waals surface area contributed by atoms with Crippen LogP contribution in [-0.4, -0.2) is 6.73 Å². The Hall–Kier alpha value is -1.42. The minimum Gasteiger partial charge on any atom is -0.471 e. The Labute approximate surface area is 152 Å². The van der Waals surface area contributed by atoms with Gasteiger partial charge >= 0.3 is 0 Å². The molecule has 3 nitrogen and oxygen atoms in total. The summed E-state index contributed by atoms with van der Waals surface area (Å²) in [4.78, 5) is 2.13. The van der Waals surface area contributed by atoms with Gasteiger partial charge in [-0.1, -0.05) is 55.2 Å². The average molecular weight is 364 g/mol. The van der Waals surface area contributed by atoms with Crippen molar-refractivity contribution in [3.05, 3.63) is 57.6 Å². The summed E-state index contributed by atoms with van der Waals surface area (Å²) in [5, 5.41) is 1.11. The molecular weight excluding hydrogens is 345 g/mol. The standard InChI is InChI=1S/C19H19Cl2NO2/c1-3-19(4-2)14-7-5-6-8-16(14)22-11-23-17-13(18(22)24-19)9-12(20)10-15(17)21/h5-10,18H,3-4,11H2,1-2H3. The first-order chi connectivity index (χ1) is 11.6. The van der Waals surface area contributed by atoms with E-state index >= 15 is 0 Å². The molecule has 2 aromatic carbocycles. The van der Waals surface area contributed by atoms with Crippen molar-refractivity contribution < 1.29 is 9.47 Å². The zero-order valence-corrected chi connectivity index (χ0v) is 15.2. The summed E-state index contributed by atoms with van der Waals surface area (Å²) in [5.74, 6) is 0.669. The van der Waals surface area contributed by atoms with E-state index in [1.165, 1.54) is 5.56 Å². The maximum Gasteiger partial charge on any atom is 0.163 e. The summed E-state index contributed by atoms with van der Waals surface area (Å²) in [6, 6.07) is 12.0. The second-order valence-electron chi connectivity index (χ2n) is 6.24. The van der Waals surface area contributed by atoms with Gasteiger partial charge in [0.05, 0.1) is 10.6 Å². The van der Waals surface area contributed by atoms with Crippen molar-refractivity contribution in [2.75, 3.05) is 11.6 Å². The number of hydrogen-bond donors (Lipinski definition) is 0. The molecule has 0 aromatic heterocycles. The Morgan fingerprint density at radius 1 is 1.17 bits per heavy atom. The zero-order valence-electron chi connectivity index (χ0n) is 13.7. The summed E-state index contributed by atoms with van der Waals surface area (Å²) in [5.41, 5.74) is 2.94. The second-order valence-corrected chi connectivity index (χ2v) is 7.08. The zero-order chi connectivity index (χ0) is 16.9. The summed E-state index contributed by atoms with van der Waals surface area (Å²) in [6.07, 6.45) is 1.55. The van der Waals surface area contributed by atoms with Crippen LogP contribution in [0.4, 0.5) is 5.69 Å². The largest absolute Gasteiger partial charge is 0.471 e. The van der Waals surface area contributed by atoms with Crippen LogP contribution in [0.5, 0.6) is 5.75 Å². The number of nitrogens with zero attached hydrogens (tertiary/aromatic N) is 1. The van der Waals surface area contributed by atoms with Gasteiger partial charge in [0.2, 0.25) is 0 Å². The number of halogens is 2. The molecule has 0 radical (unpaired) electrons. The van der Waals surface area contributed by atoms with Gasteiger partial charge in [-0.05, 0) is 31.0 Å². The molecule has 0 bridgehead atoms. The fourth-order valence-electron chi connectivity index (χ4n) is 3.79. The van der Waals surface area contributed by atoms with E-state index in [9.17, 15) is 0 Å². The van der Waals surface area contributed by atoms with Crippen molar-refractivity contribution in [1.29, 1.82) is 0 Å². The van der Waals surface area contributed by atoms with E-state index in [1.54, 1.807) is 6.07 Å². The Bertz CT molecular complexity index is 789. The van der Waals surface area contributed by atoms with Crippen molar-refractivity contribution in [2.45, 2.75) is 38.5 Å². The first-order valence-corrected chi connectivity index (χ1v) is 9.01. The molecule has 0 N–H and O–H groups in total. The van der Waals surface area contributed by atoms with E-state index in [-0.39, 0.29) is 11.8 Å². The SMILES string of the molecule is CCC1(CC)OC2c3cc(Cl)cc(Cl)c3OCN2c2ccccc21. The van der Waals surface area contributed by atoms with E-state index in [1.807, 2.05) is 6.07 Å². The summed E-state index contributed by atoms with van der Waals surface area (Å²) < 4.78 is 12.6. The van der Waals surface area contributed by atoms with Gasteiger partial charge in [-0.3, -0.25) is 0 Å². The first kappa shape index (κ1) is 16.1. The van der Waals surface area contributed by atoms with E-state index in [4.69, 9.17) is 32.7 Å². The van der Waals surface area contributed by atoms with E-state index < -0.39 is 0 Å². The first-order valence-electron chi connectivity index (χ1n) is 8.25. The lowest BCUT2D eigenvalue weighted by Gasteiger charge is -2.50. The average Bonchev–Trinajstić information content (AvgIpc) is 2.60. The highest BCUT2D eigenvalue weighted by molar-refractivity contribution is 6.35. The quantitative estimate of drug-likeness (QED) is 0.663. The minimum atomic E-state index is -0.318. The van der Waals surface area contributed by atoms with Gasteiger partial charge in [-0.25, -0.2) is 0 Å². The summed E-state index contributed by atoms with van der Waals surface area (Å²) >= 11 is 12.6. The van der Waals surface area contributed by atoms with Crippen LogP contribution in [-0.2, 0) is 10.3 Å². The molecule has 0 spiro atoms. The van der Waals surface area contributed by atoms with Crippen LogP contribution in [0.15, 0.2) is 36.4 Å². The van der Waals surface area contributed by atoms with E-state index in [0.717, 1.165) is 24.1 Å². The Morgan fingerprint density at radius 2 is 1.92 bits per heavy atom. The van der Waals surface area contributed by atoms with E-state index in [2.05, 4.69) is 43.0 Å². The maximum absolute atomic E-state index is 6.67. The van der Waals surface area contributed by atoms with Crippen LogP contribution < -0.4 is 9.64 Å². The van der Waals surface area contributed by atoms with Crippen LogP contribution in [0, 0.1) is 0 Å². The van der Waals surface area contributed by atoms with Gasteiger partial charge in [0.15, 0.2) is 13.0 Å². The highest BCUT2D eigenvalue weighted by Crippen LogP contribution is 2.53. The summed E-state index contributed by atoms with van der Waals surface area (Å²) in [6.45, 7) is 4.74. The molecule has 1 unspecified atom stereocenters. The molecule has 2 heterocycles. The summed E-state index contributed by atoms with van der Waals surface area (Å²) in [7, 11) is 0. The molecule has 0 amide bonds. The van der Waals surface area contributed by atoms with Crippen LogP contribution in [0.3, 0.4) is 0 Å². The van der Waals surface area contributed by atoms with Crippen LogP contribution in [0.1, 0.15) is 44.0 Å². The van der Waals surface area contributed by atoms with Crippen molar-refractivity contribution in [3.8, 4) is 5.75 Å². The van der Waals surface area contributed by atoms with Gasteiger partial charge in [0, 0.05) is 21.8 Å². The second kappa shape index (κ2) is 5.83. The lowest BCUT2D eigenvalue weighted by molar-refractivity contribution is -0.126. The van der Waals surface area contributed by atoms with Gasteiger partial charge in [-0.15, -0.1) is 0 Å². The van der Waals surface area contributed by atoms with Gasteiger partial charge < -0.3 is 14.4 Å².